The second-order valence-corrected chi connectivity index (χ2v) is 9.01. The zero-order chi connectivity index (χ0) is 21.8. The molecule has 2 aromatic carbocycles. The topological polar surface area (TPSA) is 84.9 Å². The number of sulfonamides is 1. The van der Waals surface area contributed by atoms with Gasteiger partial charge in [-0.3, -0.25) is 9.10 Å². The summed E-state index contributed by atoms with van der Waals surface area (Å²) in [7, 11) is 0.575. The first-order chi connectivity index (χ1) is 13.6. The fourth-order valence-electron chi connectivity index (χ4n) is 2.55. The van der Waals surface area contributed by atoms with Gasteiger partial charge in [-0.1, -0.05) is 13.8 Å². The molecule has 1 unspecified atom stereocenters. The predicted molar refractivity (Wildman–Crippen MR) is 113 cm³/mol. The molecule has 29 heavy (non-hydrogen) atoms. The van der Waals surface area contributed by atoms with Crippen LogP contribution in [0, 0.1) is 5.92 Å². The standard InChI is InChI=1S/C21H28N2O5S/c1-14(2)15(3)22-21(24)16-7-9-17(10-8-16)23(4)29(25,26)18-11-12-19(27-5)20(13-18)28-6/h7-15H,1-6H3,(H,22,24). The number of anilines is 1. The summed E-state index contributed by atoms with van der Waals surface area (Å²) >= 11 is 0. The Kier molecular flexibility index (Phi) is 7.13. The number of nitrogens with zero attached hydrogens (tertiary/aromatic N) is 1. The third-order valence-electron chi connectivity index (χ3n) is 4.87. The summed E-state index contributed by atoms with van der Waals surface area (Å²) in [4.78, 5) is 12.4. The zero-order valence-corrected chi connectivity index (χ0v) is 18.4. The van der Waals surface area contributed by atoms with Crippen LogP contribution in [0.1, 0.15) is 31.1 Å². The number of hydrogen-bond donors (Lipinski definition) is 1. The van der Waals surface area contributed by atoms with E-state index in [2.05, 4.69) is 5.32 Å². The van der Waals surface area contributed by atoms with Crippen LogP contribution < -0.4 is 19.1 Å². The molecule has 2 aromatic rings. The molecule has 158 valence electrons. The number of ether oxygens (including phenoxy) is 2. The lowest BCUT2D eigenvalue weighted by Gasteiger charge is -2.21. The van der Waals surface area contributed by atoms with Crippen molar-refractivity contribution in [3.63, 3.8) is 0 Å². The average molecular weight is 421 g/mol. The van der Waals surface area contributed by atoms with Crippen LogP contribution in [0.5, 0.6) is 11.5 Å². The van der Waals surface area contributed by atoms with E-state index in [-0.39, 0.29) is 16.8 Å². The summed E-state index contributed by atoms with van der Waals surface area (Å²) in [5.74, 6) is 0.896. The molecule has 0 aliphatic rings. The summed E-state index contributed by atoms with van der Waals surface area (Å²) in [5.41, 5.74) is 0.909. The van der Waals surface area contributed by atoms with Crippen LogP contribution in [-0.2, 0) is 10.0 Å². The van der Waals surface area contributed by atoms with Crippen LogP contribution in [0.2, 0.25) is 0 Å². The van der Waals surface area contributed by atoms with Crippen LogP contribution >= 0.6 is 0 Å². The number of carbonyl (C=O) groups is 1. The molecule has 1 amide bonds. The van der Waals surface area contributed by atoms with E-state index < -0.39 is 10.0 Å². The van der Waals surface area contributed by atoms with Gasteiger partial charge in [0.25, 0.3) is 15.9 Å². The number of amides is 1. The van der Waals surface area contributed by atoms with E-state index in [1.54, 1.807) is 30.3 Å². The van der Waals surface area contributed by atoms with Crippen molar-refractivity contribution in [2.75, 3.05) is 25.6 Å². The minimum atomic E-state index is -3.82. The molecule has 0 saturated heterocycles. The van der Waals surface area contributed by atoms with E-state index >= 15 is 0 Å². The molecular formula is C21H28N2O5S. The molecule has 0 radical (unpaired) electrons. The molecule has 0 bridgehead atoms. The fourth-order valence-corrected chi connectivity index (χ4v) is 3.76. The number of carbonyl (C=O) groups excluding carboxylic acids is 1. The molecule has 1 N–H and O–H groups in total. The van der Waals surface area contributed by atoms with Gasteiger partial charge in [-0.25, -0.2) is 8.42 Å². The molecule has 7 nitrogen and oxygen atoms in total. The van der Waals surface area contributed by atoms with Gasteiger partial charge in [-0.15, -0.1) is 0 Å². The van der Waals surface area contributed by atoms with Gasteiger partial charge >= 0.3 is 0 Å². The van der Waals surface area contributed by atoms with E-state index in [9.17, 15) is 13.2 Å². The highest BCUT2D eigenvalue weighted by Crippen LogP contribution is 2.31. The third kappa shape index (κ3) is 5.00. The Balaban J connectivity index is 2.25. The van der Waals surface area contributed by atoms with Crippen molar-refractivity contribution in [1.82, 2.24) is 5.32 Å². The van der Waals surface area contributed by atoms with Crippen molar-refractivity contribution in [1.29, 1.82) is 0 Å². The van der Waals surface area contributed by atoms with Gasteiger partial charge < -0.3 is 14.8 Å². The molecule has 0 saturated carbocycles. The minimum absolute atomic E-state index is 0.0373. The lowest BCUT2D eigenvalue weighted by molar-refractivity contribution is 0.0930. The van der Waals surface area contributed by atoms with Gasteiger partial charge in [-0.05, 0) is 49.2 Å². The predicted octanol–water partition coefficient (Wildman–Crippen LogP) is 3.30. The van der Waals surface area contributed by atoms with Crippen LogP contribution in [0.4, 0.5) is 5.69 Å². The maximum absolute atomic E-state index is 13.0. The van der Waals surface area contributed by atoms with E-state index in [0.29, 0.717) is 28.7 Å². The largest absolute Gasteiger partial charge is 0.493 e. The summed E-state index contributed by atoms with van der Waals surface area (Å²) < 4.78 is 37.5. The van der Waals surface area contributed by atoms with Crippen molar-refractivity contribution < 1.29 is 22.7 Å². The molecule has 2 rings (SSSR count). The van der Waals surface area contributed by atoms with Crippen LogP contribution in [0.25, 0.3) is 0 Å². The molecule has 0 spiro atoms. The normalized spacial score (nSPS) is 12.4. The van der Waals surface area contributed by atoms with Crippen LogP contribution in [0.3, 0.4) is 0 Å². The molecule has 0 fully saturated rings. The van der Waals surface area contributed by atoms with Gasteiger partial charge in [0, 0.05) is 24.7 Å². The van der Waals surface area contributed by atoms with Gasteiger partial charge in [0.2, 0.25) is 0 Å². The van der Waals surface area contributed by atoms with Crippen molar-refractivity contribution in [3.8, 4) is 11.5 Å². The van der Waals surface area contributed by atoms with Crippen LogP contribution in [-0.4, -0.2) is 41.6 Å². The monoisotopic (exact) mass is 420 g/mol. The Bertz CT molecular complexity index is 956. The summed E-state index contributed by atoms with van der Waals surface area (Å²) in [6.45, 7) is 6.00. The average Bonchev–Trinajstić information content (AvgIpc) is 2.72. The summed E-state index contributed by atoms with van der Waals surface area (Å²) in [5, 5.41) is 2.93. The quantitative estimate of drug-likeness (QED) is 0.708. The molecule has 0 aliphatic heterocycles. The van der Waals surface area contributed by atoms with Gasteiger partial charge in [0.1, 0.15) is 0 Å². The first-order valence-corrected chi connectivity index (χ1v) is 10.7. The smallest absolute Gasteiger partial charge is 0.264 e. The van der Waals surface area contributed by atoms with Crippen molar-refractivity contribution in [2.45, 2.75) is 31.7 Å². The second-order valence-electron chi connectivity index (χ2n) is 7.04. The number of benzene rings is 2. The lowest BCUT2D eigenvalue weighted by atomic mass is 10.1. The SMILES string of the molecule is COc1ccc(S(=O)(=O)N(C)c2ccc(C(=O)NC(C)C(C)C)cc2)cc1OC. The second kappa shape index (κ2) is 9.17. The Hall–Kier alpha value is -2.74. The van der Waals surface area contributed by atoms with Crippen molar-refractivity contribution in [2.24, 2.45) is 5.92 Å². The van der Waals surface area contributed by atoms with Crippen molar-refractivity contribution >= 4 is 21.6 Å². The maximum atomic E-state index is 13.0. The van der Waals surface area contributed by atoms with E-state index in [1.807, 2.05) is 20.8 Å². The van der Waals surface area contributed by atoms with E-state index in [4.69, 9.17) is 9.47 Å². The Morgan fingerprint density at radius 2 is 1.55 bits per heavy atom. The highest BCUT2D eigenvalue weighted by atomic mass is 32.2. The first kappa shape index (κ1) is 22.5. The first-order valence-electron chi connectivity index (χ1n) is 9.23. The van der Waals surface area contributed by atoms with Gasteiger partial charge in [0.05, 0.1) is 24.8 Å². The lowest BCUT2D eigenvalue weighted by Crippen LogP contribution is -2.36. The zero-order valence-electron chi connectivity index (χ0n) is 17.6. The minimum Gasteiger partial charge on any atom is -0.493 e. The Labute approximate surface area is 172 Å². The highest BCUT2D eigenvalue weighted by molar-refractivity contribution is 7.92. The van der Waals surface area contributed by atoms with Crippen LogP contribution in [0.15, 0.2) is 47.4 Å². The molecule has 0 heterocycles. The maximum Gasteiger partial charge on any atom is 0.264 e. The highest BCUT2D eigenvalue weighted by Gasteiger charge is 2.23. The molecule has 1 atom stereocenters. The Morgan fingerprint density at radius 3 is 2.07 bits per heavy atom. The number of hydrogen-bond acceptors (Lipinski definition) is 5. The number of methoxy groups -OCH3 is 2. The number of rotatable bonds is 8. The third-order valence-corrected chi connectivity index (χ3v) is 6.65. The Morgan fingerprint density at radius 1 is 0.966 bits per heavy atom. The molecule has 0 aliphatic carbocycles. The summed E-state index contributed by atoms with van der Waals surface area (Å²) in [6.07, 6.45) is 0. The van der Waals surface area contributed by atoms with E-state index in [1.165, 1.54) is 33.4 Å². The molecular weight excluding hydrogens is 392 g/mol. The van der Waals surface area contributed by atoms with Crippen molar-refractivity contribution in [3.05, 3.63) is 48.0 Å². The molecule has 0 aromatic heterocycles. The fraction of sp³-hybridized carbons (Fsp3) is 0.381. The van der Waals surface area contributed by atoms with Gasteiger partial charge in [0.15, 0.2) is 11.5 Å². The summed E-state index contributed by atoms with van der Waals surface area (Å²) in [6, 6.07) is 10.9. The number of nitrogens with one attached hydrogen (secondary N) is 1. The van der Waals surface area contributed by atoms with E-state index in [0.717, 1.165) is 4.31 Å². The van der Waals surface area contributed by atoms with Gasteiger partial charge in [-0.2, -0.15) is 0 Å². The molecule has 8 heteroatoms.